The van der Waals surface area contributed by atoms with E-state index in [9.17, 15) is 4.79 Å². The Kier molecular flexibility index (Phi) is 3.83. The van der Waals surface area contributed by atoms with Crippen LogP contribution in [0.1, 0.15) is 29.9 Å². The molecule has 2 aromatic rings. The van der Waals surface area contributed by atoms with E-state index in [-0.39, 0.29) is 11.8 Å². The standard InChI is InChI=1S/C16H15BrN2O/c17-15-14(9-4-10-18-15)19-16(20)13-8-3-6-11-5-1-2-7-12(11)13/h1-2,4-5,7,9-10,13H,3,6,8H2,(H,19,20). The number of hydrogen-bond acceptors (Lipinski definition) is 2. The molecule has 0 spiro atoms. The summed E-state index contributed by atoms with van der Waals surface area (Å²) in [5.41, 5.74) is 3.18. The fourth-order valence-corrected chi connectivity index (χ4v) is 3.07. The van der Waals surface area contributed by atoms with Gasteiger partial charge in [-0.25, -0.2) is 4.98 Å². The second-order valence-electron chi connectivity index (χ2n) is 4.97. The third-order valence-electron chi connectivity index (χ3n) is 3.70. The van der Waals surface area contributed by atoms with Crippen molar-refractivity contribution in [2.24, 2.45) is 0 Å². The first kappa shape index (κ1) is 13.3. The number of fused-ring (bicyclic) bond motifs is 1. The molecule has 0 bridgehead atoms. The molecule has 20 heavy (non-hydrogen) atoms. The zero-order valence-electron chi connectivity index (χ0n) is 11.0. The quantitative estimate of drug-likeness (QED) is 0.848. The van der Waals surface area contributed by atoms with E-state index in [0.29, 0.717) is 4.60 Å². The van der Waals surface area contributed by atoms with Gasteiger partial charge in [-0.15, -0.1) is 0 Å². The highest BCUT2D eigenvalue weighted by atomic mass is 79.9. The van der Waals surface area contributed by atoms with E-state index in [1.54, 1.807) is 6.20 Å². The maximum absolute atomic E-state index is 12.5. The summed E-state index contributed by atoms with van der Waals surface area (Å²) < 4.78 is 0.664. The molecule has 1 unspecified atom stereocenters. The van der Waals surface area contributed by atoms with Crippen molar-refractivity contribution in [2.45, 2.75) is 25.2 Å². The van der Waals surface area contributed by atoms with E-state index in [1.165, 1.54) is 5.56 Å². The predicted octanol–water partition coefficient (Wildman–Crippen LogP) is 3.90. The smallest absolute Gasteiger partial charge is 0.231 e. The topological polar surface area (TPSA) is 42.0 Å². The average molecular weight is 331 g/mol. The Hall–Kier alpha value is -1.68. The van der Waals surface area contributed by atoms with E-state index in [1.807, 2.05) is 24.3 Å². The minimum Gasteiger partial charge on any atom is -0.323 e. The molecule has 3 nitrogen and oxygen atoms in total. The molecular formula is C16H15BrN2O. The van der Waals surface area contributed by atoms with Crippen molar-refractivity contribution in [3.05, 3.63) is 58.3 Å². The highest BCUT2D eigenvalue weighted by molar-refractivity contribution is 9.10. The molecule has 1 aliphatic rings. The molecule has 0 fully saturated rings. The van der Waals surface area contributed by atoms with Crippen molar-refractivity contribution in [1.82, 2.24) is 4.98 Å². The third-order valence-corrected chi connectivity index (χ3v) is 4.33. The number of carbonyl (C=O) groups excluding carboxylic acids is 1. The summed E-state index contributed by atoms with van der Waals surface area (Å²) in [6, 6.07) is 11.9. The summed E-state index contributed by atoms with van der Waals surface area (Å²) in [6.45, 7) is 0. The Morgan fingerprint density at radius 3 is 2.95 bits per heavy atom. The molecule has 1 amide bonds. The number of nitrogens with one attached hydrogen (secondary N) is 1. The fraction of sp³-hybridized carbons (Fsp3) is 0.250. The van der Waals surface area contributed by atoms with Gasteiger partial charge in [0.15, 0.2) is 0 Å². The van der Waals surface area contributed by atoms with Crippen LogP contribution < -0.4 is 5.32 Å². The number of aryl methyl sites for hydroxylation is 1. The third kappa shape index (κ3) is 2.61. The van der Waals surface area contributed by atoms with Crippen molar-refractivity contribution in [2.75, 3.05) is 5.32 Å². The molecule has 0 saturated heterocycles. The summed E-state index contributed by atoms with van der Waals surface area (Å²) in [5.74, 6) is -0.0158. The molecule has 1 aliphatic carbocycles. The van der Waals surface area contributed by atoms with Crippen LogP contribution in [0.2, 0.25) is 0 Å². The molecule has 1 aromatic carbocycles. The van der Waals surface area contributed by atoms with Crippen molar-refractivity contribution in [1.29, 1.82) is 0 Å². The van der Waals surface area contributed by atoms with Crippen LogP contribution in [0, 0.1) is 0 Å². The van der Waals surface area contributed by atoms with Gasteiger partial charge in [-0.05, 0) is 58.5 Å². The molecule has 1 heterocycles. The normalized spacial score (nSPS) is 17.4. The first-order valence-corrected chi connectivity index (χ1v) is 7.54. The summed E-state index contributed by atoms with van der Waals surface area (Å²) >= 11 is 3.35. The molecule has 1 N–H and O–H groups in total. The first-order chi connectivity index (χ1) is 9.75. The van der Waals surface area contributed by atoms with E-state index in [2.05, 4.69) is 38.4 Å². The van der Waals surface area contributed by atoms with Gasteiger partial charge in [0.05, 0.1) is 11.6 Å². The van der Waals surface area contributed by atoms with Gasteiger partial charge in [-0.2, -0.15) is 0 Å². The Balaban J connectivity index is 1.84. The second-order valence-corrected chi connectivity index (χ2v) is 5.73. The minimum absolute atomic E-state index is 0.0471. The van der Waals surface area contributed by atoms with Crippen LogP contribution >= 0.6 is 15.9 Å². The molecule has 1 aromatic heterocycles. The summed E-state index contributed by atoms with van der Waals surface area (Å²) in [4.78, 5) is 16.6. The van der Waals surface area contributed by atoms with E-state index >= 15 is 0 Å². The number of carbonyl (C=O) groups is 1. The largest absolute Gasteiger partial charge is 0.323 e. The summed E-state index contributed by atoms with van der Waals surface area (Å²) in [6.07, 6.45) is 4.72. The highest BCUT2D eigenvalue weighted by Crippen LogP contribution is 2.32. The van der Waals surface area contributed by atoms with Gasteiger partial charge in [0.2, 0.25) is 5.91 Å². The van der Waals surface area contributed by atoms with Crippen LogP contribution in [0.5, 0.6) is 0 Å². The first-order valence-electron chi connectivity index (χ1n) is 6.75. The van der Waals surface area contributed by atoms with Crippen molar-refractivity contribution in [3.63, 3.8) is 0 Å². The molecule has 102 valence electrons. The number of amides is 1. The second kappa shape index (κ2) is 5.75. The number of nitrogens with zero attached hydrogens (tertiary/aromatic N) is 1. The van der Waals surface area contributed by atoms with E-state index in [4.69, 9.17) is 0 Å². The van der Waals surface area contributed by atoms with Crippen LogP contribution in [0.4, 0.5) is 5.69 Å². The maximum atomic E-state index is 12.5. The van der Waals surface area contributed by atoms with Crippen molar-refractivity contribution >= 4 is 27.5 Å². The average Bonchev–Trinajstić information content (AvgIpc) is 2.49. The number of aromatic nitrogens is 1. The zero-order chi connectivity index (χ0) is 13.9. The maximum Gasteiger partial charge on any atom is 0.231 e. The Bertz CT molecular complexity index is 642. The molecule has 4 heteroatoms. The molecular weight excluding hydrogens is 316 g/mol. The van der Waals surface area contributed by atoms with Gasteiger partial charge in [0.25, 0.3) is 0 Å². The Morgan fingerprint density at radius 2 is 2.10 bits per heavy atom. The number of pyridine rings is 1. The minimum atomic E-state index is -0.0629. The fourth-order valence-electron chi connectivity index (χ4n) is 2.73. The molecule has 3 rings (SSSR count). The number of halogens is 1. The molecule has 0 aliphatic heterocycles. The lowest BCUT2D eigenvalue weighted by Crippen LogP contribution is -2.24. The lowest BCUT2D eigenvalue weighted by atomic mass is 9.82. The van der Waals surface area contributed by atoms with Crippen LogP contribution in [0.15, 0.2) is 47.2 Å². The van der Waals surface area contributed by atoms with Crippen LogP contribution in [-0.2, 0) is 11.2 Å². The van der Waals surface area contributed by atoms with Gasteiger partial charge in [0, 0.05) is 6.20 Å². The van der Waals surface area contributed by atoms with Gasteiger partial charge in [0.1, 0.15) is 4.60 Å². The van der Waals surface area contributed by atoms with Crippen LogP contribution in [0.3, 0.4) is 0 Å². The zero-order valence-corrected chi connectivity index (χ0v) is 12.6. The van der Waals surface area contributed by atoms with Crippen molar-refractivity contribution < 1.29 is 4.79 Å². The van der Waals surface area contributed by atoms with Gasteiger partial charge >= 0.3 is 0 Å². The molecule has 0 radical (unpaired) electrons. The predicted molar refractivity (Wildman–Crippen MR) is 82.7 cm³/mol. The lowest BCUT2D eigenvalue weighted by molar-refractivity contribution is -0.117. The van der Waals surface area contributed by atoms with Crippen LogP contribution in [0.25, 0.3) is 0 Å². The highest BCUT2D eigenvalue weighted by Gasteiger charge is 2.26. The molecule has 1 atom stereocenters. The van der Waals surface area contributed by atoms with Crippen LogP contribution in [-0.4, -0.2) is 10.9 Å². The van der Waals surface area contributed by atoms with Gasteiger partial charge in [-0.1, -0.05) is 24.3 Å². The Labute approximate surface area is 126 Å². The van der Waals surface area contributed by atoms with Gasteiger partial charge in [-0.3, -0.25) is 4.79 Å². The van der Waals surface area contributed by atoms with Crippen molar-refractivity contribution in [3.8, 4) is 0 Å². The lowest BCUT2D eigenvalue weighted by Gasteiger charge is -2.24. The number of rotatable bonds is 2. The monoisotopic (exact) mass is 330 g/mol. The number of hydrogen-bond donors (Lipinski definition) is 1. The number of benzene rings is 1. The Morgan fingerprint density at radius 1 is 1.25 bits per heavy atom. The summed E-state index contributed by atoms with van der Waals surface area (Å²) in [7, 11) is 0. The summed E-state index contributed by atoms with van der Waals surface area (Å²) in [5, 5.41) is 2.97. The number of anilines is 1. The van der Waals surface area contributed by atoms with E-state index < -0.39 is 0 Å². The van der Waals surface area contributed by atoms with E-state index in [0.717, 1.165) is 30.5 Å². The van der Waals surface area contributed by atoms with Gasteiger partial charge < -0.3 is 5.32 Å². The molecule has 0 saturated carbocycles. The SMILES string of the molecule is O=C(Nc1cccnc1Br)C1CCCc2ccccc21.